The van der Waals surface area contributed by atoms with Gasteiger partial charge < -0.3 is 26.6 Å². The Labute approximate surface area is 213 Å². The molecule has 5 N–H and O–H groups in total. The maximum Gasteiger partial charge on any atom is 0.319 e. The first-order valence-corrected chi connectivity index (χ1v) is 11.7. The van der Waals surface area contributed by atoms with Crippen LogP contribution in [0.2, 0.25) is 0 Å². The second kappa shape index (κ2) is 12.1. The molecular formula is C26H29F2N5O4. The summed E-state index contributed by atoms with van der Waals surface area (Å²) >= 11 is 0. The maximum absolute atomic E-state index is 14.0. The summed E-state index contributed by atoms with van der Waals surface area (Å²) in [5.41, 5.74) is 6.76. The number of allylic oxidation sites excluding steroid dienone is 1. The highest BCUT2D eigenvalue weighted by Crippen LogP contribution is 2.21. The Morgan fingerprint density at radius 1 is 1.11 bits per heavy atom. The van der Waals surface area contributed by atoms with E-state index in [1.807, 2.05) is 6.07 Å². The largest absolute Gasteiger partial charge is 0.368 e. The number of carbonyl (C=O) groups excluding carboxylic acids is 4. The normalized spacial score (nSPS) is 17.5. The van der Waals surface area contributed by atoms with E-state index in [9.17, 15) is 28.0 Å². The van der Waals surface area contributed by atoms with E-state index in [2.05, 4.69) is 16.0 Å². The molecule has 196 valence electrons. The zero-order valence-corrected chi connectivity index (χ0v) is 20.5. The van der Waals surface area contributed by atoms with Crippen molar-refractivity contribution in [2.45, 2.75) is 44.8 Å². The number of nitrogens with two attached hydrogens (primary N) is 1. The minimum Gasteiger partial charge on any atom is -0.368 e. The van der Waals surface area contributed by atoms with E-state index in [4.69, 9.17) is 5.73 Å². The van der Waals surface area contributed by atoms with E-state index in [0.29, 0.717) is 11.6 Å². The Balaban J connectivity index is 1.79. The average molecular weight is 514 g/mol. The van der Waals surface area contributed by atoms with Gasteiger partial charge in [-0.25, -0.2) is 13.6 Å². The van der Waals surface area contributed by atoms with Gasteiger partial charge in [-0.3, -0.25) is 14.4 Å². The molecule has 1 aliphatic heterocycles. The molecule has 2 aromatic rings. The topological polar surface area (TPSA) is 134 Å². The first-order chi connectivity index (χ1) is 17.5. The predicted molar refractivity (Wildman–Crippen MR) is 133 cm³/mol. The SMILES string of the molecule is CC(C)=CC(=O)N1CC[C@H](NC(=O)Nc2ccc(F)cc2F)[C@H]1C(=O)N[C@H](Cc1ccccc1)C(N)=O. The molecule has 0 aromatic heterocycles. The van der Waals surface area contributed by atoms with Crippen LogP contribution in [-0.2, 0) is 20.8 Å². The fourth-order valence-electron chi connectivity index (χ4n) is 4.09. The van der Waals surface area contributed by atoms with Crippen molar-refractivity contribution in [1.29, 1.82) is 0 Å². The number of nitrogens with zero attached hydrogens (tertiary/aromatic N) is 1. The van der Waals surface area contributed by atoms with Crippen molar-refractivity contribution in [3.05, 3.63) is 77.4 Å². The Hall–Kier alpha value is -4.28. The number of urea groups is 1. The first kappa shape index (κ1) is 27.3. The number of amides is 5. The summed E-state index contributed by atoms with van der Waals surface area (Å²) in [6.07, 6.45) is 1.73. The molecule has 0 bridgehead atoms. The van der Waals surface area contributed by atoms with E-state index < -0.39 is 53.5 Å². The minimum atomic E-state index is -1.16. The molecule has 3 rings (SSSR count). The quantitative estimate of drug-likeness (QED) is 0.403. The minimum absolute atomic E-state index is 0.138. The molecule has 2 aromatic carbocycles. The number of anilines is 1. The summed E-state index contributed by atoms with van der Waals surface area (Å²) < 4.78 is 27.1. The number of halogens is 2. The van der Waals surface area contributed by atoms with E-state index in [0.717, 1.165) is 17.7 Å². The second-order valence-electron chi connectivity index (χ2n) is 8.97. The van der Waals surface area contributed by atoms with Crippen molar-refractivity contribution >= 4 is 29.4 Å². The van der Waals surface area contributed by atoms with Crippen LogP contribution in [0.4, 0.5) is 19.3 Å². The summed E-state index contributed by atoms with van der Waals surface area (Å²) in [4.78, 5) is 52.2. The van der Waals surface area contributed by atoms with E-state index in [-0.39, 0.29) is 25.1 Å². The van der Waals surface area contributed by atoms with Crippen LogP contribution in [-0.4, -0.2) is 53.3 Å². The highest BCUT2D eigenvalue weighted by Gasteiger charge is 2.43. The van der Waals surface area contributed by atoms with Crippen molar-refractivity contribution < 1.29 is 28.0 Å². The number of nitrogens with one attached hydrogen (secondary N) is 3. The zero-order chi connectivity index (χ0) is 27.1. The molecule has 0 spiro atoms. The van der Waals surface area contributed by atoms with Crippen LogP contribution < -0.4 is 21.7 Å². The summed E-state index contributed by atoms with van der Waals surface area (Å²) in [6, 6.07) is 7.70. The molecule has 9 nitrogen and oxygen atoms in total. The maximum atomic E-state index is 14.0. The van der Waals surface area contributed by atoms with Crippen molar-refractivity contribution in [2.24, 2.45) is 5.73 Å². The Kier molecular flexibility index (Phi) is 8.94. The Bertz CT molecular complexity index is 1200. The Morgan fingerprint density at radius 2 is 1.81 bits per heavy atom. The van der Waals surface area contributed by atoms with Crippen LogP contribution in [0.3, 0.4) is 0 Å². The molecule has 1 aliphatic rings. The van der Waals surface area contributed by atoms with Crippen molar-refractivity contribution in [3.8, 4) is 0 Å². The van der Waals surface area contributed by atoms with Crippen molar-refractivity contribution in [3.63, 3.8) is 0 Å². The second-order valence-corrected chi connectivity index (χ2v) is 8.97. The third kappa shape index (κ3) is 7.35. The number of likely N-dealkylation sites (tertiary alicyclic amines) is 1. The molecule has 0 unspecified atom stereocenters. The molecule has 0 aliphatic carbocycles. The van der Waals surface area contributed by atoms with Gasteiger partial charge in [0.2, 0.25) is 17.7 Å². The van der Waals surface area contributed by atoms with Gasteiger partial charge in [0.25, 0.3) is 0 Å². The molecule has 1 fully saturated rings. The van der Waals surface area contributed by atoms with Crippen LogP contribution >= 0.6 is 0 Å². The molecule has 37 heavy (non-hydrogen) atoms. The number of benzene rings is 2. The monoisotopic (exact) mass is 513 g/mol. The van der Waals surface area contributed by atoms with Gasteiger partial charge in [-0.1, -0.05) is 35.9 Å². The zero-order valence-electron chi connectivity index (χ0n) is 20.5. The molecule has 0 radical (unpaired) electrons. The number of primary amides is 1. The molecule has 5 amide bonds. The lowest BCUT2D eigenvalue weighted by Crippen LogP contribution is -2.58. The fraction of sp³-hybridized carbons (Fsp3) is 0.308. The van der Waals surface area contributed by atoms with Crippen LogP contribution in [0.1, 0.15) is 25.8 Å². The summed E-state index contributed by atoms with van der Waals surface area (Å²) in [7, 11) is 0. The van der Waals surface area contributed by atoms with Crippen LogP contribution in [0.5, 0.6) is 0 Å². The van der Waals surface area contributed by atoms with Gasteiger partial charge in [0.05, 0.1) is 11.7 Å². The van der Waals surface area contributed by atoms with Crippen LogP contribution in [0.15, 0.2) is 60.2 Å². The van der Waals surface area contributed by atoms with Crippen molar-refractivity contribution in [1.82, 2.24) is 15.5 Å². The van der Waals surface area contributed by atoms with Gasteiger partial charge in [-0.2, -0.15) is 0 Å². The van der Waals surface area contributed by atoms with E-state index >= 15 is 0 Å². The van der Waals surface area contributed by atoms with Crippen molar-refractivity contribution in [2.75, 3.05) is 11.9 Å². The molecule has 11 heteroatoms. The van der Waals surface area contributed by atoms with E-state index in [1.165, 1.54) is 11.0 Å². The fourth-order valence-corrected chi connectivity index (χ4v) is 4.09. The highest BCUT2D eigenvalue weighted by atomic mass is 19.1. The number of hydrogen-bond acceptors (Lipinski definition) is 4. The number of carbonyl (C=O) groups is 4. The van der Waals surface area contributed by atoms with Crippen LogP contribution in [0, 0.1) is 11.6 Å². The molecule has 1 heterocycles. The van der Waals surface area contributed by atoms with Gasteiger partial charge >= 0.3 is 6.03 Å². The third-order valence-corrected chi connectivity index (χ3v) is 5.80. The summed E-state index contributed by atoms with van der Waals surface area (Å²) in [5.74, 6) is -3.64. The third-order valence-electron chi connectivity index (χ3n) is 5.80. The first-order valence-electron chi connectivity index (χ1n) is 11.7. The smallest absolute Gasteiger partial charge is 0.319 e. The predicted octanol–water partition coefficient (Wildman–Crippen LogP) is 2.23. The number of hydrogen-bond donors (Lipinski definition) is 4. The average Bonchev–Trinajstić information content (AvgIpc) is 3.24. The molecule has 0 saturated carbocycles. The lowest BCUT2D eigenvalue weighted by molar-refractivity contribution is -0.137. The van der Waals surface area contributed by atoms with Gasteiger partial charge in [-0.05, 0) is 38.0 Å². The molecule has 3 atom stereocenters. The molecular weight excluding hydrogens is 484 g/mol. The molecule has 1 saturated heterocycles. The standard InChI is InChI=1S/C26H29F2N5O4/c1-15(2)12-22(34)33-11-10-20(32-26(37)31-19-9-8-17(27)14-18(19)28)23(33)25(36)30-21(24(29)35)13-16-6-4-3-5-7-16/h3-9,12,14,20-21,23H,10-11,13H2,1-2H3,(H2,29,35)(H,30,36)(H2,31,32,37)/t20-,21+,23-/m0/s1. The van der Waals surface area contributed by atoms with Gasteiger partial charge in [0, 0.05) is 25.1 Å². The summed E-state index contributed by atoms with van der Waals surface area (Å²) in [6.45, 7) is 3.61. The van der Waals surface area contributed by atoms with Crippen LogP contribution in [0.25, 0.3) is 0 Å². The lowest BCUT2D eigenvalue weighted by Gasteiger charge is -2.28. The lowest BCUT2D eigenvalue weighted by atomic mass is 10.0. The van der Waals surface area contributed by atoms with Gasteiger partial charge in [0.15, 0.2) is 0 Å². The highest BCUT2D eigenvalue weighted by molar-refractivity contribution is 5.97. The van der Waals surface area contributed by atoms with Gasteiger partial charge in [0.1, 0.15) is 23.7 Å². The summed E-state index contributed by atoms with van der Waals surface area (Å²) in [5, 5.41) is 7.48. The van der Waals surface area contributed by atoms with Gasteiger partial charge in [-0.15, -0.1) is 0 Å². The number of rotatable bonds is 8. The van der Waals surface area contributed by atoms with E-state index in [1.54, 1.807) is 38.1 Å². The Morgan fingerprint density at radius 3 is 2.43 bits per heavy atom.